The topological polar surface area (TPSA) is 73.6 Å². The standard InChI is InChI=1S/C15H20N2O3/c1-10(16)6-7-17-15(18)12-8-11-4-3-5-13(19-2)14(11)20-9-12/h3-5,8,10H,6-7,9,16H2,1-2H3,(H,17,18). The number of ether oxygens (including phenoxy) is 2. The number of benzene rings is 1. The lowest BCUT2D eigenvalue weighted by molar-refractivity contribution is -0.117. The number of carbonyl (C=O) groups is 1. The number of hydrogen-bond acceptors (Lipinski definition) is 4. The molecule has 1 aliphatic rings. The summed E-state index contributed by atoms with van der Waals surface area (Å²) in [5.41, 5.74) is 7.11. The Labute approximate surface area is 118 Å². The third-order valence-corrected chi connectivity index (χ3v) is 3.11. The molecule has 0 bridgehead atoms. The van der Waals surface area contributed by atoms with Gasteiger partial charge < -0.3 is 20.5 Å². The molecule has 0 saturated carbocycles. The predicted octanol–water partition coefficient (Wildman–Crippen LogP) is 1.32. The van der Waals surface area contributed by atoms with E-state index in [0.29, 0.717) is 23.6 Å². The van der Waals surface area contributed by atoms with Crippen molar-refractivity contribution in [1.29, 1.82) is 0 Å². The van der Waals surface area contributed by atoms with Crippen LogP contribution in [0.15, 0.2) is 23.8 Å². The summed E-state index contributed by atoms with van der Waals surface area (Å²) in [7, 11) is 1.60. The molecule has 0 spiro atoms. The number of amides is 1. The maximum Gasteiger partial charge on any atom is 0.250 e. The summed E-state index contributed by atoms with van der Waals surface area (Å²) in [5.74, 6) is 1.25. The summed E-state index contributed by atoms with van der Waals surface area (Å²) in [6.45, 7) is 2.73. The van der Waals surface area contributed by atoms with E-state index in [1.807, 2.05) is 31.2 Å². The average Bonchev–Trinajstić information content (AvgIpc) is 2.45. The third kappa shape index (κ3) is 3.30. The van der Waals surface area contributed by atoms with Crippen LogP contribution in [0.3, 0.4) is 0 Å². The Hall–Kier alpha value is -2.01. The number of carbonyl (C=O) groups excluding carboxylic acids is 1. The first-order chi connectivity index (χ1) is 9.61. The second kappa shape index (κ2) is 6.43. The van der Waals surface area contributed by atoms with E-state index in [9.17, 15) is 4.79 Å². The van der Waals surface area contributed by atoms with E-state index >= 15 is 0 Å². The zero-order chi connectivity index (χ0) is 14.5. The van der Waals surface area contributed by atoms with Crippen LogP contribution >= 0.6 is 0 Å². The molecule has 2 rings (SSSR count). The minimum Gasteiger partial charge on any atom is -0.493 e. The van der Waals surface area contributed by atoms with Gasteiger partial charge in [-0.3, -0.25) is 4.79 Å². The molecule has 1 heterocycles. The molecule has 20 heavy (non-hydrogen) atoms. The van der Waals surface area contributed by atoms with Crippen molar-refractivity contribution in [3.63, 3.8) is 0 Å². The van der Waals surface area contributed by atoms with E-state index in [1.165, 1.54) is 0 Å². The SMILES string of the molecule is COc1cccc2c1OCC(C(=O)NCCC(C)N)=C2. The summed E-state index contributed by atoms with van der Waals surface area (Å²) in [6, 6.07) is 5.68. The molecule has 1 unspecified atom stereocenters. The van der Waals surface area contributed by atoms with Crippen molar-refractivity contribution < 1.29 is 14.3 Å². The van der Waals surface area contributed by atoms with Crippen LogP contribution in [0.25, 0.3) is 6.08 Å². The van der Waals surface area contributed by atoms with Crippen molar-refractivity contribution in [1.82, 2.24) is 5.32 Å². The first kappa shape index (κ1) is 14.4. The van der Waals surface area contributed by atoms with Gasteiger partial charge in [0.15, 0.2) is 11.5 Å². The minimum absolute atomic E-state index is 0.0804. The fourth-order valence-corrected chi connectivity index (χ4v) is 2.00. The van der Waals surface area contributed by atoms with Crippen LogP contribution < -0.4 is 20.5 Å². The molecule has 0 saturated heterocycles. The van der Waals surface area contributed by atoms with Gasteiger partial charge in [0.1, 0.15) is 6.61 Å². The fraction of sp³-hybridized carbons (Fsp3) is 0.400. The molecular weight excluding hydrogens is 256 g/mol. The number of nitrogens with two attached hydrogens (primary N) is 1. The van der Waals surface area contributed by atoms with E-state index in [4.69, 9.17) is 15.2 Å². The molecule has 3 N–H and O–H groups in total. The second-order valence-corrected chi connectivity index (χ2v) is 4.86. The minimum atomic E-state index is -0.112. The van der Waals surface area contributed by atoms with Crippen LogP contribution in [-0.4, -0.2) is 32.2 Å². The molecule has 5 nitrogen and oxygen atoms in total. The highest BCUT2D eigenvalue weighted by Gasteiger charge is 2.19. The van der Waals surface area contributed by atoms with Gasteiger partial charge in [-0.05, 0) is 25.5 Å². The first-order valence-electron chi connectivity index (χ1n) is 6.66. The molecule has 1 atom stereocenters. The van der Waals surface area contributed by atoms with Crippen LogP contribution in [0.4, 0.5) is 0 Å². The van der Waals surface area contributed by atoms with Gasteiger partial charge in [-0.1, -0.05) is 12.1 Å². The molecule has 0 aromatic heterocycles. The van der Waals surface area contributed by atoms with Gasteiger partial charge in [0.2, 0.25) is 0 Å². The Morgan fingerprint density at radius 3 is 3.05 bits per heavy atom. The summed E-state index contributed by atoms with van der Waals surface area (Å²) in [4.78, 5) is 12.0. The lowest BCUT2D eigenvalue weighted by Crippen LogP contribution is -2.32. The van der Waals surface area contributed by atoms with Gasteiger partial charge in [-0.25, -0.2) is 0 Å². The lowest BCUT2D eigenvalue weighted by atomic mass is 10.1. The normalized spacial score (nSPS) is 14.7. The average molecular weight is 276 g/mol. The van der Waals surface area contributed by atoms with Gasteiger partial charge in [0.05, 0.1) is 12.7 Å². The number of rotatable bonds is 5. The fourth-order valence-electron chi connectivity index (χ4n) is 2.00. The number of nitrogens with one attached hydrogen (secondary N) is 1. The van der Waals surface area contributed by atoms with Crippen LogP contribution in [0, 0.1) is 0 Å². The van der Waals surface area contributed by atoms with Crippen molar-refractivity contribution in [2.75, 3.05) is 20.3 Å². The van der Waals surface area contributed by atoms with Crippen molar-refractivity contribution >= 4 is 12.0 Å². The van der Waals surface area contributed by atoms with E-state index in [1.54, 1.807) is 7.11 Å². The molecule has 5 heteroatoms. The van der Waals surface area contributed by atoms with Crippen molar-refractivity contribution in [3.05, 3.63) is 29.3 Å². The monoisotopic (exact) mass is 276 g/mol. The maximum absolute atomic E-state index is 12.0. The molecule has 0 radical (unpaired) electrons. The van der Waals surface area contributed by atoms with Crippen LogP contribution in [0.1, 0.15) is 18.9 Å². The first-order valence-corrected chi connectivity index (χ1v) is 6.66. The van der Waals surface area contributed by atoms with E-state index in [2.05, 4.69) is 5.32 Å². The lowest BCUT2D eigenvalue weighted by Gasteiger charge is -2.19. The molecule has 1 aromatic carbocycles. The van der Waals surface area contributed by atoms with Gasteiger partial charge in [0.25, 0.3) is 5.91 Å². The molecule has 0 fully saturated rings. The van der Waals surface area contributed by atoms with Gasteiger partial charge in [0, 0.05) is 18.2 Å². The molecule has 1 amide bonds. The summed E-state index contributed by atoms with van der Waals surface area (Å²) < 4.78 is 10.9. The Bertz CT molecular complexity index is 524. The summed E-state index contributed by atoms with van der Waals surface area (Å²) in [5, 5.41) is 2.84. The van der Waals surface area contributed by atoms with Crippen LogP contribution in [0.2, 0.25) is 0 Å². The van der Waals surface area contributed by atoms with E-state index in [0.717, 1.165) is 12.0 Å². The third-order valence-electron chi connectivity index (χ3n) is 3.11. The zero-order valence-corrected chi connectivity index (χ0v) is 11.8. The number of para-hydroxylation sites is 1. The second-order valence-electron chi connectivity index (χ2n) is 4.86. The molecule has 108 valence electrons. The molecule has 1 aromatic rings. The predicted molar refractivity (Wildman–Crippen MR) is 77.7 cm³/mol. The van der Waals surface area contributed by atoms with Gasteiger partial charge in [-0.15, -0.1) is 0 Å². The summed E-state index contributed by atoms with van der Waals surface area (Å²) >= 11 is 0. The highest BCUT2D eigenvalue weighted by atomic mass is 16.5. The van der Waals surface area contributed by atoms with Gasteiger partial charge in [-0.2, -0.15) is 0 Å². The molecule has 0 aliphatic carbocycles. The number of hydrogen-bond donors (Lipinski definition) is 2. The molecular formula is C15H20N2O3. The smallest absolute Gasteiger partial charge is 0.250 e. The van der Waals surface area contributed by atoms with Crippen LogP contribution in [-0.2, 0) is 4.79 Å². The number of fused-ring (bicyclic) bond motifs is 1. The quantitative estimate of drug-likeness (QED) is 0.850. The number of methoxy groups -OCH3 is 1. The van der Waals surface area contributed by atoms with Crippen molar-refractivity contribution in [2.24, 2.45) is 5.73 Å². The highest BCUT2D eigenvalue weighted by Crippen LogP contribution is 2.35. The highest BCUT2D eigenvalue weighted by molar-refractivity contribution is 5.99. The Kier molecular flexibility index (Phi) is 4.63. The summed E-state index contributed by atoms with van der Waals surface area (Å²) in [6.07, 6.45) is 2.59. The van der Waals surface area contributed by atoms with Crippen LogP contribution in [0.5, 0.6) is 11.5 Å². The van der Waals surface area contributed by atoms with E-state index in [-0.39, 0.29) is 18.6 Å². The molecule has 1 aliphatic heterocycles. The van der Waals surface area contributed by atoms with Gasteiger partial charge >= 0.3 is 0 Å². The Morgan fingerprint density at radius 2 is 2.35 bits per heavy atom. The largest absolute Gasteiger partial charge is 0.493 e. The maximum atomic E-state index is 12.0. The van der Waals surface area contributed by atoms with Crippen molar-refractivity contribution in [3.8, 4) is 11.5 Å². The zero-order valence-electron chi connectivity index (χ0n) is 11.8. The Balaban J connectivity index is 2.07. The van der Waals surface area contributed by atoms with E-state index < -0.39 is 0 Å². The van der Waals surface area contributed by atoms with Crippen molar-refractivity contribution in [2.45, 2.75) is 19.4 Å². The Morgan fingerprint density at radius 1 is 1.55 bits per heavy atom.